The molecule has 0 radical (unpaired) electrons. The molecule has 0 atom stereocenters. The van der Waals surface area contributed by atoms with Crippen molar-refractivity contribution in [1.29, 1.82) is 0 Å². The molecule has 4 heteroatoms. The highest BCUT2D eigenvalue weighted by Crippen LogP contribution is 2.23. The molecule has 0 aliphatic carbocycles. The van der Waals surface area contributed by atoms with Gasteiger partial charge in [-0.1, -0.05) is 12.1 Å². The highest BCUT2D eigenvalue weighted by molar-refractivity contribution is 5.87. The highest BCUT2D eigenvalue weighted by Gasteiger charge is 2.11. The molecule has 1 aromatic carbocycles. The number of benzene rings is 1. The third-order valence-corrected chi connectivity index (χ3v) is 2.86. The number of fused-ring (bicyclic) bond motifs is 1. The SMILES string of the molecule is Cc1ccc2c(CC(=O)O)cc(=O)oc2c1C. The van der Waals surface area contributed by atoms with Gasteiger partial charge in [-0.2, -0.15) is 0 Å². The lowest BCUT2D eigenvalue weighted by atomic mass is 10.0. The Morgan fingerprint density at radius 3 is 2.71 bits per heavy atom. The Hall–Kier alpha value is -2.10. The zero-order valence-corrected chi connectivity index (χ0v) is 9.61. The molecule has 2 aromatic rings. The first kappa shape index (κ1) is 11.4. The maximum Gasteiger partial charge on any atom is 0.336 e. The van der Waals surface area contributed by atoms with Gasteiger partial charge in [0.05, 0.1) is 6.42 Å². The number of hydrogen-bond donors (Lipinski definition) is 1. The lowest BCUT2D eigenvalue weighted by Crippen LogP contribution is -2.07. The molecule has 0 bridgehead atoms. The van der Waals surface area contributed by atoms with Gasteiger partial charge < -0.3 is 9.52 Å². The normalized spacial score (nSPS) is 10.7. The van der Waals surface area contributed by atoms with Crippen LogP contribution in [-0.2, 0) is 11.2 Å². The zero-order chi connectivity index (χ0) is 12.6. The van der Waals surface area contributed by atoms with Crippen LogP contribution in [0.5, 0.6) is 0 Å². The molecule has 0 saturated heterocycles. The minimum Gasteiger partial charge on any atom is -0.481 e. The zero-order valence-electron chi connectivity index (χ0n) is 9.61. The fraction of sp³-hybridized carbons (Fsp3) is 0.231. The van der Waals surface area contributed by atoms with Gasteiger partial charge in [0.1, 0.15) is 5.58 Å². The minimum atomic E-state index is -0.963. The minimum absolute atomic E-state index is 0.176. The Morgan fingerprint density at radius 2 is 2.06 bits per heavy atom. The van der Waals surface area contributed by atoms with Crippen LogP contribution < -0.4 is 5.63 Å². The number of carbonyl (C=O) groups is 1. The van der Waals surface area contributed by atoms with Crippen molar-refractivity contribution < 1.29 is 14.3 Å². The van der Waals surface area contributed by atoms with Gasteiger partial charge >= 0.3 is 11.6 Å². The molecule has 0 amide bonds. The fourth-order valence-corrected chi connectivity index (χ4v) is 1.83. The molecule has 17 heavy (non-hydrogen) atoms. The van der Waals surface area contributed by atoms with Gasteiger partial charge in [-0.15, -0.1) is 0 Å². The number of carboxylic acids is 1. The molecule has 0 spiro atoms. The third kappa shape index (κ3) is 2.06. The Morgan fingerprint density at radius 1 is 1.35 bits per heavy atom. The average molecular weight is 232 g/mol. The van der Waals surface area contributed by atoms with Crippen LogP contribution in [0.3, 0.4) is 0 Å². The lowest BCUT2D eigenvalue weighted by Gasteiger charge is -2.07. The van der Waals surface area contributed by atoms with E-state index < -0.39 is 11.6 Å². The van der Waals surface area contributed by atoms with Gasteiger partial charge in [0.25, 0.3) is 0 Å². The number of carboxylic acid groups (broad SMARTS) is 1. The van der Waals surface area contributed by atoms with Crippen LogP contribution >= 0.6 is 0 Å². The van der Waals surface area contributed by atoms with Crippen LogP contribution in [0.2, 0.25) is 0 Å². The summed E-state index contributed by atoms with van der Waals surface area (Å²) in [6.45, 7) is 3.77. The van der Waals surface area contributed by atoms with E-state index in [0.29, 0.717) is 16.5 Å². The molecule has 4 nitrogen and oxygen atoms in total. The largest absolute Gasteiger partial charge is 0.481 e. The van der Waals surface area contributed by atoms with Gasteiger partial charge in [-0.3, -0.25) is 4.79 Å². The Kier molecular flexibility index (Phi) is 2.71. The summed E-state index contributed by atoms with van der Waals surface area (Å²) in [5.41, 5.74) is 2.34. The van der Waals surface area contributed by atoms with Crippen LogP contribution in [0.15, 0.2) is 27.4 Å². The lowest BCUT2D eigenvalue weighted by molar-refractivity contribution is -0.136. The Labute approximate surface area is 97.5 Å². The molecule has 2 rings (SSSR count). The van der Waals surface area contributed by atoms with E-state index in [9.17, 15) is 9.59 Å². The first-order chi connectivity index (χ1) is 7.99. The van der Waals surface area contributed by atoms with Crippen LogP contribution in [0.1, 0.15) is 16.7 Å². The van der Waals surface area contributed by atoms with Gasteiger partial charge in [0, 0.05) is 11.5 Å². The van der Waals surface area contributed by atoms with Gasteiger partial charge in [-0.25, -0.2) is 4.79 Å². The van der Waals surface area contributed by atoms with E-state index in [1.54, 1.807) is 6.07 Å². The molecule has 0 aliphatic heterocycles. The van der Waals surface area contributed by atoms with Crippen LogP contribution in [0, 0.1) is 13.8 Å². The van der Waals surface area contributed by atoms with E-state index in [1.165, 1.54) is 6.07 Å². The molecule has 88 valence electrons. The highest BCUT2D eigenvalue weighted by atomic mass is 16.4. The number of aliphatic carboxylic acids is 1. The van der Waals surface area contributed by atoms with E-state index in [1.807, 2.05) is 19.9 Å². The summed E-state index contributed by atoms with van der Waals surface area (Å²) in [6, 6.07) is 4.92. The summed E-state index contributed by atoms with van der Waals surface area (Å²) < 4.78 is 5.15. The smallest absolute Gasteiger partial charge is 0.336 e. The number of hydrogen-bond acceptors (Lipinski definition) is 3. The molecule has 0 saturated carbocycles. The van der Waals surface area contributed by atoms with E-state index in [4.69, 9.17) is 9.52 Å². The van der Waals surface area contributed by atoms with E-state index >= 15 is 0 Å². The second kappa shape index (κ2) is 4.05. The van der Waals surface area contributed by atoms with Crippen molar-refractivity contribution in [3.05, 3.63) is 45.3 Å². The fourth-order valence-electron chi connectivity index (χ4n) is 1.83. The van der Waals surface area contributed by atoms with Crippen molar-refractivity contribution >= 4 is 16.9 Å². The summed E-state index contributed by atoms with van der Waals surface area (Å²) in [4.78, 5) is 22.1. The first-order valence-corrected chi connectivity index (χ1v) is 5.24. The van der Waals surface area contributed by atoms with Gasteiger partial charge in [0.15, 0.2) is 0 Å². The van der Waals surface area contributed by atoms with Gasteiger partial charge in [-0.05, 0) is 30.5 Å². The second-order valence-electron chi connectivity index (χ2n) is 4.05. The van der Waals surface area contributed by atoms with E-state index in [0.717, 1.165) is 11.1 Å². The maximum absolute atomic E-state index is 11.4. The summed E-state index contributed by atoms with van der Waals surface area (Å²) in [7, 11) is 0. The van der Waals surface area contributed by atoms with E-state index in [2.05, 4.69) is 0 Å². The molecule has 1 heterocycles. The predicted molar refractivity (Wildman–Crippen MR) is 63.3 cm³/mol. The van der Waals surface area contributed by atoms with Crippen LogP contribution in [-0.4, -0.2) is 11.1 Å². The molecule has 0 aliphatic rings. The predicted octanol–water partition coefficient (Wildman–Crippen LogP) is 2.04. The Bertz CT molecular complexity index is 652. The number of aryl methyl sites for hydroxylation is 2. The monoisotopic (exact) mass is 232 g/mol. The third-order valence-electron chi connectivity index (χ3n) is 2.86. The Balaban J connectivity index is 2.81. The van der Waals surface area contributed by atoms with Crippen LogP contribution in [0.4, 0.5) is 0 Å². The first-order valence-electron chi connectivity index (χ1n) is 5.24. The standard InChI is InChI=1S/C13H12O4/c1-7-3-4-10-9(5-11(14)15)6-12(16)17-13(10)8(7)2/h3-4,6H,5H2,1-2H3,(H,14,15). The van der Waals surface area contributed by atoms with Crippen molar-refractivity contribution in [2.75, 3.05) is 0 Å². The van der Waals surface area contributed by atoms with E-state index in [-0.39, 0.29) is 6.42 Å². The molecule has 1 aromatic heterocycles. The summed E-state index contributed by atoms with van der Waals surface area (Å²) in [6.07, 6.45) is -0.176. The number of rotatable bonds is 2. The quantitative estimate of drug-likeness (QED) is 0.804. The molecule has 0 fully saturated rings. The average Bonchev–Trinajstić information content (AvgIpc) is 2.23. The summed E-state index contributed by atoms with van der Waals surface area (Å²) >= 11 is 0. The molecular formula is C13H12O4. The van der Waals surface area contributed by atoms with Crippen molar-refractivity contribution in [3.8, 4) is 0 Å². The molecule has 1 N–H and O–H groups in total. The summed E-state index contributed by atoms with van der Waals surface area (Å²) in [5.74, 6) is -0.963. The van der Waals surface area contributed by atoms with Crippen LogP contribution in [0.25, 0.3) is 11.0 Å². The van der Waals surface area contributed by atoms with Crippen molar-refractivity contribution in [2.45, 2.75) is 20.3 Å². The maximum atomic E-state index is 11.4. The van der Waals surface area contributed by atoms with Crippen molar-refractivity contribution in [1.82, 2.24) is 0 Å². The topological polar surface area (TPSA) is 67.5 Å². The van der Waals surface area contributed by atoms with Crippen molar-refractivity contribution in [3.63, 3.8) is 0 Å². The van der Waals surface area contributed by atoms with Gasteiger partial charge in [0.2, 0.25) is 0 Å². The summed E-state index contributed by atoms with van der Waals surface area (Å²) in [5, 5.41) is 9.50. The molecular weight excluding hydrogens is 220 g/mol. The van der Waals surface area contributed by atoms with Crippen molar-refractivity contribution in [2.24, 2.45) is 0 Å². The second-order valence-corrected chi connectivity index (χ2v) is 4.05. The molecule has 0 unspecified atom stereocenters.